The van der Waals surface area contributed by atoms with Gasteiger partial charge in [0.05, 0.1) is 16.9 Å². The van der Waals surface area contributed by atoms with Crippen LogP contribution in [0.4, 0.5) is 11.4 Å². The maximum atomic E-state index is 4.18. The quantitative estimate of drug-likeness (QED) is 0.819. The van der Waals surface area contributed by atoms with E-state index in [2.05, 4.69) is 59.1 Å². The van der Waals surface area contributed by atoms with Gasteiger partial charge in [0.15, 0.2) is 5.82 Å². The van der Waals surface area contributed by atoms with Crippen molar-refractivity contribution < 1.29 is 0 Å². The van der Waals surface area contributed by atoms with Crippen LogP contribution < -0.4 is 10.6 Å². The standard InChI is InChI=1S/C13H18N6/c1-13(2,3)19-12(16-17-18-19)11-8-14-9-6-4-5-7-10(9)15-11/h4-7,11,14-15H,8H2,1-3H3. The highest BCUT2D eigenvalue weighted by molar-refractivity contribution is 5.71. The fourth-order valence-electron chi connectivity index (χ4n) is 2.26. The summed E-state index contributed by atoms with van der Waals surface area (Å²) in [5, 5.41) is 19.0. The minimum absolute atomic E-state index is 0.0733. The van der Waals surface area contributed by atoms with Crippen molar-refractivity contribution in [2.75, 3.05) is 17.2 Å². The summed E-state index contributed by atoms with van der Waals surface area (Å²) in [6.45, 7) is 7.05. The number of hydrogen-bond acceptors (Lipinski definition) is 5. The number of nitrogens with one attached hydrogen (secondary N) is 2. The first kappa shape index (κ1) is 12.0. The van der Waals surface area contributed by atoms with Gasteiger partial charge in [-0.1, -0.05) is 12.1 Å². The van der Waals surface area contributed by atoms with Crippen molar-refractivity contribution in [1.29, 1.82) is 0 Å². The Hall–Kier alpha value is -2.11. The average Bonchev–Trinajstić information content (AvgIpc) is 2.87. The molecule has 0 saturated heterocycles. The fourth-order valence-corrected chi connectivity index (χ4v) is 2.26. The maximum absolute atomic E-state index is 4.18. The molecule has 0 radical (unpaired) electrons. The van der Waals surface area contributed by atoms with Gasteiger partial charge in [0, 0.05) is 6.54 Å². The molecule has 0 fully saturated rings. The average molecular weight is 258 g/mol. The predicted octanol–water partition coefficient (Wildman–Crippen LogP) is 2.01. The second kappa shape index (κ2) is 4.22. The third kappa shape index (κ3) is 2.14. The van der Waals surface area contributed by atoms with Crippen molar-refractivity contribution in [2.45, 2.75) is 32.4 Å². The lowest BCUT2D eigenvalue weighted by Crippen LogP contribution is -2.33. The van der Waals surface area contributed by atoms with Crippen molar-refractivity contribution in [3.05, 3.63) is 30.1 Å². The molecule has 1 aliphatic heterocycles. The number of anilines is 2. The van der Waals surface area contributed by atoms with Crippen molar-refractivity contribution in [3.63, 3.8) is 0 Å². The second-order valence-electron chi connectivity index (χ2n) is 5.74. The Labute approximate surface area is 112 Å². The topological polar surface area (TPSA) is 67.7 Å². The molecular weight excluding hydrogens is 240 g/mol. The Morgan fingerprint density at radius 1 is 1.21 bits per heavy atom. The molecule has 2 heterocycles. The van der Waals surface area contributed by atoms with Crippen LogP contribution in [0.3, 0.4) is 0 Å². The SMILES string of the molecule is CC(C)(C)n1nnnc1C1CNc2ccccc2N1. The van der Waals surface area contributed by atoms with Crippen LogP contribution >= 0.6 is 0 Å². The van der Waals surface area contributed by atoms with Gasteiger partial charge in [0.1, 0.15) is 6.04 Å². The molecule has 0 aliphatic carbocycles. The first-order valence-electron chi connectivity index (χ1n) is 6.44. The molecule has 0 spiro atoms. The fraction of sp³-hybridized carbons (Fsp3) is 0.462. The van der Waals surface area contributed by atoms with Crippen LogP contribution in [0, 0.1) is 0 Å². The highest BCUT2D eigenvalue weighted by atomic mass is 15.6. The monoisotopic (exact) mass is 258 g/mol. The Kier molecular flexibility index (Phi) is 2.66. The molecule has 1 unspecified atom stereocenters. The van der Waals surface area contributed by atoms with Crippen LogP contribution in [-0.4, -0.2) is 26.8 Å². The number of para-hydroxylation sites is 2. The Morgan fingerprint density at radius 3 is 2.68 bits per heavy atom. The third-order valence-electron chi connectivity index (χ3n) is 3.19. The minimum Gasteiger partial charge on any atom is -0.381 e. The molecule has 1 atom stereocenters. The highest BCUT2D eigenvalue weighted by Crippen LogP contribution is 2.31. The van der Waals surface area contributed by atoms with Crippen LogP contribution in [0.5, 0.6) is 0 Å². The van der Waals surface area contributed by atoms with Crippen molar-refractivity contribution in [3.8, 4) is 0 Å². The number of nitrogens with zero attached hydrogens (tertiary/aromatic N) is 4. The van der Waals surface area contributed by atoms with E-state index in [9.17, 15) is 0 Å². The largest absolute Gasteiger partial charge is 0.381 e. The van der Waals surface area contributed by atoms with Crippen molar-refractivity contribution in [1.82, 2.24) is 20.2 Å². The number of benzene rings is 1. The van der Waals surface area contributed by atoms with E-state index in [4.69, 9.17) is 0 Å². The normalized spacial score (nSPS) is 18.4. The molecule has 1 aliphatic rings. The lowest BCUT2D eigenvalue weighted by molar-refractivity contribution is 0.330. The van der Waals surface area contributed by atoms with E-state index in [1.165, 1.54) is 0 Å². The molecule has 0 saturated carbocycles. The zero-order valence-electron chi connectivity index (χ0n) is 11.4. The highest BCUT2D eigenvalue weighted by Gasteiger charge is 2.28. The maximum Gasteiger partial charge on any atom is 0.175 e. The lowest BCUT2D eigenvalue weighted by atomic mass is 10.1. The number of aromatic nitrogens is 4. The molecule has 2 aromatic rings. The number of fused-ring (bicyclic) bond motifs is 1. The van der Waals surface area contributed by atoms with Crippen LogP contribution in [0.15, 0.2) is 24.3 Å². The molecule has 1 aromatic heterocycles. The zero-order chi connectivity index (χ0) is 13.5. The Balaban J connectivity index is 1.92. The van der Waals surface area contributed by atoms with Gasteiger partial charge in [-0.3, -0.25) is 0 Å². The van der Waals surface area contributed by atoms with Crippen LogP contribution in [0.25, 0.3) is 0 Å². The zero-order valence-corrected chi connectivity index (χ0v) is 11.4. The predicted molar refractivity (Wildman–Crippen MR) is 74.1 cm³/mol. The van der Waals surface area contributed by atoms with Gasteiger partial charge in [-0.15, -0.1) is 5.10 Å². The molecule has 0 bridgehead atoms. The van der Waals surface area contributed by atoms with Gasteiger partial charge in [-0.2, -0.15) is 0 Å². The van der Waals surface area contributed by atoms with Crippen molar-refractivity contribution in [2.24, 2.45) is 0 Å². The van der Waals surface area contributed by atoms with Crippen LogP contribution in [-0.2, 0) is 5.54 Å². The van der Waals surface area contributed by atoms with Crippen LogP contribution in [0.2, 0.25) is 0 Å². The van der Waals surface area contributed by atoms with Crippen molar-refractivity contribution >= 4 is 11.4 Å². The summed E-state index contributed by atoms with van der Waals surface area (Å²) in [6, 6.07) is 8.23. The molecule has 6 nitrogen and oxygen atoms in total. The van der Waals surface area contributed by atoms with Gasteiger partial charge >= 0.3 is 0 Å². The Bertz CT molecular complexity index is 583. The molecule has 0 amide bonds. The van der Waals surface area contributed by atoms with E-state index < -0.39 is 0 Å². The second-order valence-corrected chi connectivity index (χ2v) is 5.74. The number of hydrogen-bond donors (Lipinski definition) is 2. The molecule has 2 N–H and O–H groups in total. The summed E-state index contributed by atoms with van der Waals surface area (Å²) in [4.78, 5) is 0. The summed E-state index contributed by atoms with van der Waals surface area (Å²) in [7, 11) is 0. The third-order valence-corrected chi connectivity index (χ3v) is 3.19. The van der Waals surface area contributed by atoms with E-state index in [1.807, 2.05) is 16.8 Å². The van der Waals surface area contributed by atoms with E-state index >= 15 is 0 Å². The molecule has 19 heavy (non-hydrogen) atoms. The summed E-state index contributed by atoms with van der Waals surface area (Å²) >= 11 is 0. The summed E-state index contributed by atoms with van der Waals surface area (Å²) < 4.78 is 1.88. The van der Waals surface area contributed by atoms with E-state index in [1.54, 1.807) is 0 Å². The molecule has 100 valence electrons. The Morgan fingerprint density at radius 2 is 1.95 bits per heavy atom. The van der Waals surface area contributed by atoms with Gasteiger partial charge in [-0.05, 0) is 43.3 Å². The summed E-state index contributed by atoms with van der Waals surface area (Å²) in [5.41, 5.74) is 2.08. The summed E-state index contributed by atoms with van der Waals surface area (Å²) in [5.74, 6) is 0.856. The first-order valence-corrected chi connectivity index (χ1v) is 6.44. The van der Waals surface area contributed by atoms with E-state index in [-0.39, 0.29) is 11.6 Å². The number of rotatable bonds is 1. The molecular formula is C13H18N6. The van der Waals surface area contributed by atoms with Gasteiger partial charge in [-0.25, -0.2) is 4.68 Å². The van der Waals surface area contributed by atoms with E-state index in [0.717, 1.165) is 23.7 Å². The van der Waals surface area contributed by atoms with Gasteiger partial charge in [0.25, 0.3) is 0 Å². The van der Waals surface area contributed by atoms with Crippen LogP contribution in [0.1, 0.15) is 32.6 Å². The molecule has 3 rings (SSSR count). The number of tetrazole rings is 1. The summed E-state index contributed by atoms with van der Waals surface area (Å²) in [6.07, 6.45) is 0. The van der Waals surface area contributed by atoms with Gasteiger partial charge in [0.2, 0.25) is 0 Å². The lowest BCUT2D eigenvalue weighted by Gasteiger charge is -2.29. The first-order chi connectivity index (χ1) is 9.05. The molecule has 6 heteroatoms. The smallest absolute Gasteiger partial charge is 0.175 e. The minimum atomic E-state index is -0.128. The van der Waals surface area contributed by atoms with Gasteiger partial charge < -0.3 is 10.6 Å². The molecule has 1 aromatic carbocycles. The van der Waals surface area contributed by atoms with E-state index in [0.29, 0.717) is 0 Å².